The number of nitrogens with one attached hydrogen (secondary N) is 1. The van der Waals surface area contributed by atoms with Crippen LogP contribution >= 0.6 is 15.9 Å². The van der Waals surface area contributed by atoms with Gasteiger partial charge in [-0.15, -0.1) is 5.01 Å². The zero-order valence-corrected chi connectivity index (χ0v) is 14.0. The van der Waals surface area contributed by atoms with Crippen molar-refractivity contribution < 1.29 is 9.59 Å². The lowest BCUT2D eigenvalue weighted by atomic mass is 9.77. The number of carbonyl (C=O) groups excluding carboxylic acids is 2. The molecule has 3 rings (SSSR count). The molecule has 1 N–H and O–H groups in total. The third-order valence-electron chi connectivity index (χ3n) is 4.44. The summed E-state index contributed by atoms with van der Waals surface area (Å²) >= 11 is 3.38. The van der Waals surface area contributed by atoms with Crippen molar-refractivity contribution in [2.45, 2.75) is 38.1 Å². The molecular weight excluding hydrogens is 346 g/mol. The fraction of sp³-hybridized carbons (Fsp3) is 0.438. The number of hydrogen-bond donors (Lipinski definition) is 1. The van der Waals surface area contributed by atoms with E-state index in [1.165, 1.54) is 6.21 Å². The Kier molecular flexibility index (Phi) is 4.04. The van der Waals surface area contributed by atoms with Gasteiger partial charge >= 0.3 is 6.03 Å². The molecule has 0 aromatic heterocycles. The van der Waals surface area contributed by atoms with Crippen LogP contribution in [0.2, 0.25) is 0 Å². The summed E-state index contributed by atoms with van der Waals surface area (Å²) in [4.78, 5) is 24.7. The predicted molar refractivity (Wildman–Crippen MR) is 87.5 cm³/mol. The van der Waals surface area contributed by atoms with Gasteiger partial charge in [0.1, 0.15) is 5.54 Å². The van der Waals surface area contributed by atoms with Gasteiger partial charge in [0.25, 0.3) is 5.91 Å². The van der Waals surface area contributed by atoms with E-state index in [0.717, 1.165) is 27.9 Å². The van der Waals surface area contributed by atoms with Gasteiger partial charge < -0.3 is 5.32 Å². The van der Waals surface area contributed by atoms with Crippen molar-refractivity contribution in [2.24, 2.45) is 11.0 Å². The van der Waals surface area contributed by atoms with Crippen molar-refractivity contribution in [3.05, 3.63) is 34.3 Å². The zero-order chi connectivity index (χ0) is 15.7. The first-order valence-corrected chi connectivity index (χ1v) is 8.26. The molecule has 1 aliphatic heterocycles. The number of amides is 3. The summed E-state index contributed by atoms with van der Waals surface area (Å²) in [5.41, 5.74) is 0.0891. The molecule has 2 fully saturated rings. The van der Waals surface area contributed by atoms with Gasteiger partial charge in [0.05, 0.1) is 6.21 Å². The van der Waals surface area contributed by atoms with Crippen LogP contribution in [0.15, 0.2) is 33.8 Å². The second-order valence-electron chi connectivity index (χ2n) is 6.11. The standard InChI is InChI=1S/C16H18BrN3O2/c1-11-5-7-16(8-6-11)14(21)20(15(22)19-16)18-10-12-3-2-4-13(17)9-12/h2-4,9-11H,5-8H2,1H3,(H,19,22). The first kappa shape index (κ1) is 15.2. The largest absolute Gasteiger partial charge is 0.346 e. The van der Waals surface area contributed by atoms with Crippen LogP contribution in [0.4, 0.5) is 4.79 Å². The third-order valence-corrected chi connectivity index (χ3v) is 4.93. The summed E-state index contributed by atoms with van der Waals surface area (Å²) in [5.74, 6) is 0.380. The van der Waals surface area contributed by atoms with Crippen LogP contribution in [0.1, 0.15) is 38.2 Å². The van der Waals surface area contributed by atoms with Gasteiger partial charge in [-0.2, -0.15) is 5.10 Å². The van der Waals surface area contributed by atoms with Crippen molar-refractivity contribution in [1.82, 2.24) is 10.3 Å². The maximum absolute atomic E-state index is 12.6. The van der Waals surface area contributed by atoms with E-state index in [4.69, 9.17) is 0 Å². The Balaban J connectivity index is 1.77. The Morgan fingerprint density at radius 1 is 1.36 bits per heavy atom. The van der Waals surface area contributed by atoms with E-state index in [1.807, 2.05) is 24.3 Å². The fourth-order valence-corrected chi connectivity index (χ4v) is 3.43. The average Bonchev–Trinajstić information content (AvgIpc) is 2.72. The van der Waals surface area contributed by atoms with Crippen LogP contribution in [0, 0.1) is 5.92 Å². The Bertz CT molecular complexity index is 636. The molecule has 0 atom stereocenters. The quantitative estimate of drug-likeness (QED) is 0.647. The Labute approximate surface area is 137 Å². The predicted octanol–water partition coefficient (Wildman–Crippen LogP) is 3.28. The molecule has 6 heteroatoms. The van der Waals surface area contributed by atoms with Crippen LogP contribution in [0.25, 0.3) is 0 Å². The van der Waals surface area contributed by atoms with Gasteiger partial charge in [-0.05, 0) is 49.3 Å². The smallest absolute Gasteiger partial charge is 0.321 e. The van der Waals surface area contributed by atoms with Crippen molar-refractivity contribution >= 4 is 34.1 Å². The zero-order valence-electron chi connectivity index (χ0n) is 12.4. The number of hydrazone groups is 1. The van der Waals surface area contributed by atoms with Crippen molar-refractivity contribution in [3.63, 3.8) is 0 Å². The number of rotatable bonds is 2. The second kappa shape index (κ2) is 5.83. The molecule has 1 heterocycles. The van der Waals surface area contributed by atoms with E-state index in [1.54, 1.807) is 0 Å². The molecule has 1 aromatic rings. The van der Waals surface area contributed by atoms with E-state index in [0.29, 0.717) is 18.8 Å². The van der Waals surface area contributed by atoms with Crippen LogP contribution in [-0.4, -0.2) is 28.7 Å². The minimum Gasteiger partial charge on any atom is -0.321 e. The van der Waals surface area contributed by atoms with Gasteiger partial charge in [0.15, 0.2) is 0 Å². The number of benzene rings is 1. The molecule has 1 spiro atoms. The maximum Gasteiger partial charge on any atom is 0.346 e. The molecule has 1 saturated carbocycles. The molecule has 0 radical (unpaired) electrons. The molecule has 0 unspecified atom stereocenters. The molecule has 116 valence electrons. The van der Waals surface area contributed by atoms with Gasteiger partial charge in [-0.3, -0.25) is 4.79 Å². The Morgan fingerprint density at radius 2 is 2.09 bits per heavy atom. The highest BCUT2D eigenvalue weighted by Gasteiger charge is 2.52. The lowest BCUT2D eigenvalue weighted by molar-refractivity contribution is -0.132. The number of halogens is 1. The minimum absolute atomic E-state index is 0.226. The Hall–Kier alpha value is -1.69. The molecule has 1 saturated heterocycles. The number of imide groups is 1. The van der Waals surface area contributed by atoms with E-state index < -0.39 is 11.6 Å². The van der Waals surface area contributed by atoms with Crippen LogP contribution in [0.5, 0.6) is 0 Å². The van der Waals surface area contributed by atoms with Gasteiger partial charge in [0, 0.05) is 4.47 Å². The summed E-state index contributed by atoms with van der Waals surface area (Å²) in [5, 5.41) is 7.91. The highest BCUT2D eigenvalue weighted by atomic mass is 79.9. The molecule has 22 heavy (non-hydrogen) atoms. The normalized spacial score (nSPS) is 28.6. The Morgan fingerprint density at radius 3 is 2.77 bits per heavy atom. The van der Waals surface area contributed by atoms with E-state index in [9.17, 15) is 9.59 Å². The number of urea groups is 1. The van der Waals surface area contributed by atoms with E-state index in [-0.39, 0.29) is 5.91 Å². The number of nitrogens with zero attached hydrogens (tertiary/aromatic N) is 2. The topological polar surface area (TPSA) is 61.8 Å². The lowest BCUT2D eigenvalue weighted by Crippen LogP contribution is -2.49. The van der Waals surface area contributed by atoms with Crippen LogP contribution in [-0.2, 0) is 4.79 Å². The van der Waals surface area contributed by atoms with Gasteiger partial charge in [0.2, 0.25) is 0 Å². The maximum atomic E-state index is 12.6. The molecule has 2 aliphatic rings. The SMILES string of the molecule is CC1CCC2(CC1)NC(=O)N(N=Cc1cccc(Br)c1)C2=O. The molecule has 5 nitrogen and oxygen atoms in total. The molecule has 0 bridgehead atoms. The summed E-state index contributed by atoms with van der Waals surface area (Å²) < 4.78 is 0.923. The molecule has 1 aromatic carbocycles. The van der Waals surface area contributed by atoms with Gasteiger partial charge in [-0.1, -0.05) is 35.0 Å². The monoisotopic (exact) mass is 363 g/mol. The fourth-order valence-electron chi connectivity index (χ4n) is 3.02. The van der Waals surface area contributed by atoms with Crippen molar-refractivity contribution in [2.75, 3.05) is 0 Å². The third kappa shape index (κ3) is 2.79. The lowest BCUT2D eigenvalue weighted by Gasteiger charge is -2.33. The first-order chi connectivity index (χ1) is 10.5. The molecule has 1 aliphatic carbocycles. The van der Waals surface area contributed by atoms with E-state index >= 15 is 0 Å². The summed E-state index contributed by atoms with van der Waals surface area (Å²) in [7, 11) is 0. The summed E-state index contributed by atoms with van der Waals surface area (Å²) in [6, 6.07) is 7.10. The van der Waals surface area contributed by atoms with Crippen LogP contribution < -0.4 is 5.32 Å². The highest BCUT2D eigenvalue weighted by Crippen LogP contribution is 2.36. The van der Waals surface area contributed by atoms with Crippen LogP contribution in [0.3, 0.4) is 0 Å². The first-order valence-electron chi connectivity index (χ1n) is 7.46. The van der Waals surface area contributed by atoms with E-state index in [2.05, 4.69) is 33.3 Å². The second-order valence-corrected chi connectivity index (χ2v) is 7.03. The molecule has 3 amide bonds. The summed E-state index contributed by atoms with van der Waals surface area (Å²) in [6.07, 6.45) is 4.83. The number of carbonyl (C=O) groups is 2. The summed E-state index contributed by atoms with van der Waals surface area (Å²) in [6.45, 7) is 2.18. The minimum atomic E-state index is -0.738. The van der Waals surface area contributed by atoms with Gasteiger partial charge in [-0.25, -0.2) is 4.79 Å². The highest BCUT2D eigenvalue weighted by molar-refractivity contribution is 9.10. The van der Waals surface area contributed by atoms with Crippen molar-refractivity contribution in [1.29, 1.82) is 0 Å². The van der Waals surface area contributed by atoms with Crippen molar-refractivity contribution in [3.8, 4) is 0 Å². The molecular formula is C16H18BrN3O2. The average molecular weight is 364 g/mol. The number of hydrogen-bond acceptors (Lipinski definition) is 3.